The number of H-pyrrole nitrogens is 2. The van der Waals surface area contributed by atoms with Gasteiger partial charge in [0.05, 0.1) is 33.7 Å². The molecule has 2 amide bonds. The molecule has 0 saturated heterocycles. The molecule has 0 unspecified atom stereocenters. The Bertz CT molecular complexity index is 1960. The zero-order valence-corrected chi connectivity index (χ0v) is 19.6. The van der Waals surface area contributed by atoms with E-state index in [1.165, 1.54) is 18.2 Å². The lowest BCUT2D eigenvalue weighted by Gasteiger charge is -2.13. The number of hydrogen-bond acceptors (Lipinski definition) is 7. The quantitative estimate of drug-likeness (QED) is 0.164. The first-order chi connectivity index (χ1) is 18.4. The summed E-state index contributed by atoms with van der Waals surface area (Å²) in [5, 5.41) is 22.6. The van der Waals surface area contributed by atoms with Crippen molar-refractivity contribution in [1.29, 1.82) is 0 Å². The van der Waals surface area contributed by atoms with Crippen LogP contribution in [0, 0.1) is 0 Å². The SMILES string of the molecule is Nc1ccc2c(c1)C(=O)N(c1c(O)c3cc4nc(cc5ccc(cc6nc(c(O)c1[nH]3)C=C6)[nH]5)C=C4)C2=O. The van der Waals surface area contributed by atoms with Crippen LogP contribution in [0.2, 0.25) is 0 Å². The number of aromatic nitrogens is 4. The molecule has 6 N–H and O–H groups in total. The van der Waals surface area contributed by atoms with Crippen LogP contribution >= 0.6 is 0 Å². The Morgan fingerprint density at radius 2 is 1.37 bits per heavy atom. The van der Waals surface area contributed by atoms with Crippen LogP contribution in [0.3, 0.4) is 0 Å². The summed E-state index contributed by atoms with van der Waals surface area (Å²) in [7, 11) is 0. The van der Waals surface area contributed by atoms with Gasteiger partial charge in [-0.2, -0.15) is 0 Å². The van der Waals surface area contributed by atoms with E-state index in [4.69, 9.17) is 5.73 Å². The fourth-order valence-electron chi connectivity index (χ4n) is 4.79. The van der Waals surface area contributed by atoms with E-state index in [9.17, 15) is 19.8 Å². The summed E-state index contributed by atoms with van der Waals surface area (Å²) in [4.78, 5) is 42.8. The molecule has 0 radical (unpaired) electrons. The van der Waals surface area contributed by atoms with E-state index >= 15 is 0 Å². The smallest absolute Gasteiger partial charge is 0.266 e. The van der Waals surface area contributed by atoms with E-state index in [1.54, 1.807) is 24.3 Å². The maximum Gasteiger partial charge on any atom is 0.266 e. The number of amides is 2. The Morgan fingerprint density at radius 3 is 2.13 bits per heavy atom. The Kier molecular flexibility index (Phi) is 4.37. The predicted molar refractivity (Wildman–Crippen MR) is 144 cm³/mol. The number of fused-ring (bicyclic) bond motifs is 9. The summed E-state index contributed by atoms with van der Waals surface area (Å²) in [6.07, 6.45) is 6.91. The first kappa shape index (κ1) is 21.6. The molecule has 6 heterocycles. The summed E-state index contributed by atoms with van der Waals surface area (Å²) in [6.45, 7) is 0. The molecule has 0 saturated carbocycles. The Morgan fingerprint density at radius 1 is 0.711 bits per heavy atom. The number of benzene rings is 1. The van der Waals surface area contributed by atoms with Gasteiger partial charge in [-0.25, -0.2) is 14.9 Å². The van der Waals surface area contributed by atoms with Gasteiger partial charge in [-0.15, -0.1) is 0 Å². The molecular formula is C28H18N6O4. The number of imide groups is 1. The molecule has 8 bridgehead atoms. The molecule has 0 fully saturated rings. The molecule has 0 spiro atoms. The lowest BCUT2D eigenvalue weighted by molar-refractivity contribution is 0.0925. The van der Waals surface area contributed by atoms with Crippen LogP contribution in [0.1, 0.15) is 43.5 Å². The van der Waals surface area contributed by atoms with Gasteiger partial charge in [-0.05, 0) is 72.8 Å². The average Bonchev–Trinajstić information content (AvgIpc) is 3.71. The minimum atomic E-state index is -0.673. The zero-order valence-electron chi connectivity index (χ0n) is 19.6. The molecule has 1 aromatic carbocycles. The third kappa shape index (κ3) is 3.21. The topological polar surface area (TPSA) is 161 Å². The minimum Gasteiger partial charge on any atom is -0.504 e. The first-order valence-corrected chi connectivity index (χ1v) is 11.7. The zero-order chi connectivity index (χ0) is 26.1. The molecule has 10 heteroatoms. The van der Waals surface area contributed by atoms with Crippen molar-refractivity contribution in [2.45, 2.75) is 0 Å². The monoisotopic (exact) mass is 502 g/mol. The van der Waals surface area contributed by atoms with Crippen LogP contribution in [0.25, 0.3) is 46.4 Å². The third-order valence-electron chi connectivity index (χ3n) is 6.56. The van der Waals surface area contributed by atoms with E-state index in [0.717, 1.165) is 15.9 Å². The summed E-state index contributed by atoms with van der Waals surface area (Å²) in [6, 6.07) is 13.5. The van der Waals surface area contributed by atoms with Gasteiger partial charge >= 0.3 is 0 Å². The number of aromatic amines is 2. The lowest BCUT2D eigenvalue weighted by atomic mass is 10.1. The van der Waals surface area contributed by atoms with Gasteiger partial charge < -0.3 is 25.9 Å². The standard InChI is InChI=1S/C28H18N6O4/c29-13-1-7-19-20(9-13)28(38)34(27(19)37)24-23-25(35)21-8-6-17(32-21)11-16-3-2-14(30-16)10-15-4-5-18(31-15)12-22(33-23)26(24)36/h1-12,30,33,35-36H,29H2. The summed E-state index contributed by atoms with van der Waals surface area (Å²) in [5.74, 6) is -2.08. The Labute approximate surface area is 214 Å². The summed E-state index contributed by atoms with van der Waals surface area (Å²) in [5.41, 5.74) is 9.92. The van der Waals surface area contributed by atoms with E-state index < -0.39 is 17.6 Å². The van der Waals surface area contributed by atoms with Gasteiger partial charge in [-0.1, -0.05) is 0 Å². The fraction of sp³-hybridized carbons (Fsp3) is 0. The summed E-state index contributed by atoms with van der Waals surface area (Å²) < 4.78 is 0. The van der Waals surface area contributed by atoms with E-state index in [2.05, 4.69) is 19.9 Å². The number of aromatic hydroxyl groups is 2. The number of nitrogens with one attached hydrogen (secondary N) is 2. The number of carbonyl (C=O) groups is 2. The average molecular weight is 502 g/mol. The molecule has 3 aliphatic heterocycles. The van der Waals surface area contributed by atoms with Gasteiger partial charge in [0.2, 0.25) is 0 Å². The largest absolute Gasteiger partial charge is 0.504 e. The molecule has 7 rings (SSSR count). The number of nitrogens with zero attached hydrogens (tertiary/aromatic N) is 3. The van der Waals surface area contributed by atoms with Crippen molar-refractivity contribution in [3.8, 4) is 11.5 Å². The second-order valence-corrected chi connectivity index (χ2v) is 9.06. The van der Waals surface area contributed by atoms with Crippen molar-refractivity contribution < 1.29 is 19.8 Å². The molecule has 0 aliphatic carbocycles. The van der Waals surface area contributed by atoms with Gasteiger partial charge in [-0.3, -0.25) is 9.59 Å². The second kappa shape index (κ2) is 7.68. The molecule has 38 heavy (non-hydrogen) atoms. The van der Waals surface area contributed by atoms with Crippen LogP contribution in [0.5, 0.6) is 11.5 Å². The van der Waals surface area contributed by atoms with E-state index in [1.807, 2.05) is 30.3 Å². The number of carbonyl (C=O) groups excluding carboxylic acids is 2. The van der Waals surface area contributed by atoms with Crippen molar-refractivity contribution in [3.63, 3.8) is 0 Å². The van der Waals surface area contributed by atoms with Crippen molar-refractivity contribution in [1.82, 2.24) is 19.9 Å². The van der Waals surface area contributed by atoms with Crippen LogP contribution < -0.4 is 10.6 Å². The minimum absolute atomic E-state index is 0.0477. The fourth-order valence-corrected chi connectivity index (χ4v) is 4.79. The van der Waals surface area contributed by atoms with E-state index in [-0.39, 0.29) is 39.3 Å². The molecule has 4 aromatic rings. The highest BCUT2D eigenvalue weighted by atomic mass is 16.3. The molecule has 0 atom stereocenters. The molecule has 184 valence electrons. The van der Waals surface area contributed by atoms with Crippen molar-refractivity contribution >= 4 is 69.6 Å². The van der Waals surface area contributed by atoms with Crippen LogP contribution in [0.15, 0.2) is 48.5 Å². The predicted octanol–water partition coefficient (Wildman–Crippen LogP) is 4.45. The van der Waals surface area contributed by atoms with Crippen LogP contribution in [0.4, 0.5) is 11.4 Å². The molecular weight excluding hydrogens is 484 g/mol. The van der Waals surface area contributed by atoms with Crippen molar-refractivity contribution in [3.05, 3.63) is 82.4 Å². The van der Waals surface area contributed by atoms with Crippen LogP contribution in [-0.2, 0) is 0 Å². The number of hydrogen-bond donors (Lipinski definition) is 5. The number of rotatable bonds is 1. The highest BCUT2D eigenvalue weighted by molar-refractivity contribution is 6.36. The van der Waals surface area contributed by atoms with Crippen molar-refractivity contribution in [2.75, 3.05) is 10.6 Å². The normalized spacial score (nSPS) is 13.9. The molecule has 3 aromatic heterocycles. The first-order valence-electron chi connectivity index (χ1n) is 11.7. The number of anilines is 2. The number of nitrogen functional groups attached to an aromatic ring is 1. The number of nitrogens with two attached hydrogens (primary N) is 1. The van der Waals surface area contributed by atoms with E-state index in [0.29, 0.717) is 22.8 Å². The highest BCUT2D eigenvalue weighted by Gasteiger charge is 2.40. The highest BCUT2D eigenvalue weighted by Crippen LogP contribution is 2.44. The van der Waals surface area contributed by atoms with Crippen LogP contribution in [-0.4, -0.2) is 42.0 Å². The van der Waals surface area contributed by atoms with Gasteiger partial charge in [0.25, 0.3) is 11.8 Å². The Balaban J connectivity index is 1.56. The maximum atomic E-state index is 13.4. The molecule has 10 nitrogen and oxygen atoms in total. The summed E-state index contributed by atoms with van der Waals surface area (Å²) >= 11 is 0. The molecule has 3 aliphatic rings. The van der Waals surface area contributed by atoms with Crippen molar-refractivity contribution in [2.24, 2.45) is 0 Å². The lowest BCUT2D eigenvalue weighted by Crippen LogP contribution is -2.29. The van der Waals surface area contributed by atoms with Gasteiger partial charge in [0, 0.05) is 16.7 Å². The maximum absolute atomic E-state index is 13.4. The van der Waals surface area contributed by atoms with Gasteiger partial charge in [0.15, 0.2) is 11.5 Å². The second-order valence-electron chi connectivity index (χ2n) is 9.06. The Hall–Kier alpha value is -5.64. The van der Waals surface area contributed by atoms with Gasteiger partial charge in [0.1, 0.15) is 16.9 Å². The third-order valence-corrected chi connectivity index (χ3v) is 6.56.